The number of nitrogens with zero attached hydrogens (tertiary/aromatic N) is 2. The maximum atomic E-state index is 12.6. The highest BCUT2D eigenvalue weighted by Crippen LogP contribution is 2.33. The Bertz CT molecular complexity index is 1230. The number of ether oxygens (including phenoxy) is 1. The van der Waals surface area contributed by atoms with Gasteiger partial charge in [0.05, 0.1) is 21.2 Å². The van der Waals surface area contributed by atoms with Gasteiger partial charge in [0.1, 0.15) is 0 Å². The molecular formula is C21H12Br3N3O5. The Morgan fingerprint density at radius 1 is 1.00 bits per heavy atom. The van der Waals surface area contributed by atoms with Crippen LogP contribution in [-0.4, -0.2) is 23.0 Å². The van der Waals surface area contributed by atoms with Crippen LogP contribution < -0.4 is 10.2 Å². The van der Waals surface area contributed by atoms with Gasteiger partial charge in [0, 0.05) is 32.2 Å². The van der Waals surface area contributed by atoms with Crippen LogP contribution >= 0.6 is 47.8 Å². The molecule has 0 aliphatic carbocycles. The number of rotatable bonds is 6. The van der Waals surface area contributed by atoms with Crippen molar-refractivity contribution in [3.8, 4) is 5.75 Å². The SMILES string of the molecule is O=C(NN=Cc1cc(Br)cc(Br)c1OC(=O)c1ccccc1Br)c1ccc([N+](=O)[O-])cc1. The lowest BCUT2D eigenvalue weighted by molar-refractivity contribution is -0.384. The Labute approximate surface area is 207 Å². The first-order chi connectivity index (χ1) is 15.3. The van der Waals surface area contributed by atoms with E-state index in [0.717, 1.165) is 0 Å². The summed E-state index contributed by atoms with van der Waals surface area (Å²) < 4.78 is 7.34. The summed E-state index contributed by atoms with van der Waals surface area (Å²) in [5, 5.41) is 14.6. The summed E-state index contributed by atoms with van der Waals surface area (Å²) >= 11 is 10.1. The molecule has 3 aromatic rings. The number of hydrazone groups is 1. The van der Waals surface area contributed by atoms with Crippen molar-refractivity contribution in [1.29, 1.82) is 0 Å². The maximum Gasteiger partial charge on any atom is 0.344 e. The van der Waals surface area contributed by atoms with Crippen molar-refractivity contribution in [1.82, 2.24) is 5.43 Å². The monoisotopic (exact) mass is 623 g/mol. The molecular weight excluding hydrogens is 614 g/mol. The fraction of sp³-hybridized carbons (Fsp3) is 0. The second-order valence-corrected chi connectivity index (χ2v) is 8.80. The van der Waals surface area contributed by atoms with E-state index >= 15 is 0 Å². The number of nitro groups is 1. The molecule has 0 aromatic heterocycles. The summed E-state index contributed by atoms with van der Waals surface area (Å²) in [6.45, 7) is 0. The molecule has 0 atom stereocenters. The van der Waals surface area contributed by atoms with Gasteiger partial charge in [-0.2, -0.15) is 5.10 Å². The van der Waals surface area contributed by atoms with Crippen molar-refractivity contribution < 1.29 is 19.2 Å². The van der Waals surface area contributed by atoms with E-state index in [2.05, 4.69) is 58.3 Å². The third-order valence-corrected chi connectivity index (χ3v) is 5.77. The number of nitro benzene ring substituents is 1. The summed E-state index contributed by atoms with van der Waals surface area (Å²) in [4.78, 5) is 35.0. The zero-order valence-electron chi connectivity index (χ0n) is 15.9. The molecule has 3 rings (SSSR count). The van der Waals surface area contributed by atoms with Crippen LogP contribution in [0.4, 0.5) is 5.69 Å². The number of carbonyl (C=O) groups excluding carboxylic acids is 2. The number of nitrogens with one attached hydrogen (secondary N) is 1. The van der Waals surface area contributed by atoms with Crippen LogP contribution in [0.15, 0.2) is 79.2 Å². The number of benzene rings is 3. The van der Waals surface area contributed by atoms with Crippen molar-refractivity contribution in [2.75, 3.05) is 0 Å². The molecule has 0 radical (unpaired) electrons. The number of hydrogen-bond acceptors (Lipinski definition) is 6. The van der Waals surface area contributed by atoms with E-state index in [1.54, 1.807) is 36.4 Å². The Morgan fingerprint density at radius 2 is 1.69 bits per heavy atom. The van der Waals surface area contributed by atoms with Gasteiger partial charge >= 0.3 is 5.97 Å². The smallest absolute Gasteiger partial charge is 0.344 e. The molecule has 0 bridgehead atoms. The first kappa shape index (κ1) is 23.8. The van der Waals surface area contributed by atoms with Crippen LogP contribution in [0.25, 0.3) is 0 Å². The number of carbonyl (C=O) groups is 2. The molecule has 0 aliphatic heterocycles. The van der Waals surface area contributed by atoms with Crippen molar-refractivity contribution in [2.24, 2.45) is 5.10 Å². The predicted molar refractivity (Wildman–Crippen MR) is 129 cm³/mol. The molecule has 32 heavy (non-hydrogen) atoms. The molecule has 0 heterocycles. The second kappa shape index (κ2) is 10.6. The quantitative estimate of drug-likeness (QED) is 0.121. The minimum Gasteiger partial charge on any atom is -0.421 e. The van der Waals surface area contributed by atoms with Crippen LogP contribution in [0.2, 0.25) is 0 Å². The standard InChI is InChI=1S/C21H12Br3N3O5/c22-14-9-13(11-25-26-20(28)12-5-7-15(8-6-12)27(30)31)19(18(24)10-14)32-21(29)16-3-1-2-4-17(16)23/h1-11H,(H,26,28). The zero-order chi connectivity index (χ0) is 23.3. The minimum atomic E-state index is -0.579. The molecule has 0 saturated heterocycles. The number of esters is 1. The third kappa shape index (κ3) is 5.87. The van der Waals surface area contributed by atoms with E-state index in [-0.39, 0.29) is 17.0 Å². The molecule has 3 aromatic carbocycles. The molecule has 0 aliphatic rings. The largest absolute Gasteiger partial charge is 0.421 e. The second-order valence-electron chi connectivity index (χ2n) is 6.18. The number of amides is 1. The molecule has 0 unspecified atom stereocenters. The van der Waals surface area contributed by atoms with Crippen LogP contribution in [0.1, 0.15) is 26.3 Å². The fourth-order valence-corrected chi connectivity index (χ4v) is 4.30. The van der Waals surface area contributed by atoms with Gasteiger partial charge in [-0.3, -0.25) is 14.9 Å². The van der Waals surface area contributed by atoms with E-state index in [1.807, 2.05) is 0 Å². The Kier molecular flexibility index (Phi) is 7.89. The van der Waals surface area contributed by atoms with E-state index in [9.17, 15) is 19.7 Å². The van der Waals surface area contributed by atoms with Gasteiger partial charge in [-0.05, 0) is 68.3 Å². The van der Waals surface area contributed by atoms with Crippen LogP contribution in [0.3, 0.4) is 0 Å². The van der Waals surface area contributed by atoms with Gasteiger partial charge in [-0.1, -0.05) is 28.1 Å². The molecule has 11 heteroatoms. The minimum absolute atomic E-state index is 0.124. The van der Waals surface area contributed by atoms with Crippen LogP contribution in [0, 0.1) is 10.1 Å². The van der Waals surface area contributed by atoms with E-state index < -0.39 is 16.8 Å². The Balaban J connectivity index is 1.79. The van der Waals surface area contributed by atoms with Crippen molar-refractivity contribution >= 4 is 71.6 Å². The molecule has 1 N–H and O–H groups in total. The number of halogens is 3. The zero-order valence-corrected chi connectivity index (χ0v) is 20.7. The van der Waals surface area contributed by atoms with Gasteiger partial charge in [-0.15, -0.1) is 0 Å². The molecule has 162 valence electrons. The summed E-state index contributed by atoms with van der Waals surface area (Å²) in [7, 11) is 0. The summed E-state index contributed by atoms with van der Waals surface area (Å²) in [6.07, 6.45) is 1.32. The van der Waals surface area contributed by atoms with Gasteiger partial charge in [0.15, 0.2) is 5.75 Å². The molecule has 8 nitrogen and oxygen atoms in total. The summed E-state index contributed by atoms with van der Waals surface area (Å²) in [5.74, 6) is -0.927. The lowest BCUT2D eigenvalue weighted by atomic mass is 10.2. The highest BCUT2D eigenvalue weighted by Gasteiger charge is 2.17. The normalized spacial score (nSPS) is 10.7. The van der Waals surface area contributed by atoms with Crippen LogP contribution in [-0.2, 0) is 0 Å². The first-order valence-electron chi connectivity index (χ1n) is 8.80. The van der Waals surface area contributed by atoms with Crippen LogP contribution in [0.5, 0.6) is 5.75 Å². The van der Waals surface area contributed by atoms with Crippen molar-refractivity contribution in [2.45, 2.75) is 0 Å². The molecule has 1 amide bonds. The lowest BCUT2D eigenvalue weighted by Gasteiger charge is -2.11. The predicted octanol–water partition coefficient (Wildman–Crippen LogP) is 5.87. The highest BCUT2D eigenvalue weighted by atomic mass is 79.9. The summed E-state index contributed by atoms with van der Waals surface area (Å²) in [5.41, 5.74) is 3.17. The molecule has 0 fully saturated rings. The van der Waals surface area contributed by atoms with Gasteiger partial charge in [0.25, 0.3) is 11.6 Å². The molecule has 0 saturated carbocycles. The maximum absolute atomic E-state index is 12.6. The third-order valence-electron chi connectivity index (χ3n) is 4.04. The number of non-ortho nitro benzene ring substituents is 1. The lowest BCUT2D eigenvalue weighted by Crippen LogP contribution is -2.17. The van der Waals surface area contributed by atoms with E-state index in [1.165, 1.54) is 30.5 Å². The van der Waals surface area contributed by atoms with Gasteiger partial charge < -0.3 is 4.74 Å². The van der Waals surface area contributed by atoms with E-state index in [0.29, 0.717) is 24.5 Å². The Hall–Kier alpha value is -2.89. The topological polar surface area (TPSA) is 111 Å². The molecule has 0 spiro atoms. The van der Waals surface area contributed by atoms with Gasteiger partial charge in [0.2, 0.25) is 0 Å². The van der Waals surface area contributed by atoms with E-state index in [4.69, 9.17) is 4.74 Å². The average Bonchev–Trinajstić information content (AvgIpc) is 2.76. The van der Waals surface area contributed by atoms with Crippen molar-refractivity contribution in [3.63, 3.8) is 0 Å². The van der Waals surface area contributed by atoms with Crippen molar-refractivity contribution in [3.05, 3.63) is 101 Å². The number of hydrogen-bond donors (Lipinski definition) is 1. The Morgan fingerprint density at radius 3 is 2.34 bits per heavy atom. The fourth-order valence-electron chi connectivity index (χ4n) is 2.52. The average molecular weight is 626 g/mol. The highest BCUT2D eigenvalue weighted by molar-refractivity contribution is 9.11. The summed E-state index contributed by atoms with van der Waals surface area (Å²) in [6, 6.07) is 15.3. The first-order valence-corrected chi connectivity index (χ1v) is 11.2. The van der Waals surface area contributed by atoms with Gasteiger partial charge in [-0.25, -0.2) is 10.2 Å².